The van der Waals surface area contributed by atoms with Crippen LogP contribution in [0.5, 0.6) is 0 Å². The second-order valence-corrected chi connectivity index (χ2v) is 8.45. The smallest absolute Gasteiger partial charge is 0.254 e. The lowest BCUT2D eigenvalue weighted by atomic mass is 10.0. The Labute approximate surface area is 161 Å². The summed E-state index contributed by atoms with van der Waals surface area (Å²) in [6.45, 7) is 12.2. The van der Waals surface area contributed by atoms with Crippen LogP contribution in [0, 0.1) is 0 Å². The van der Waals surface area contributed by atoms with Gasteiger partial charge in [0.1, 0.15) is 5.82 Å². The van der Waals surface area contributed by atoms with Gasteiger partial charge in [0, 0.05) is 29.7 Å². The van der Waals surface area contributed by atoms with Crippen molar-refractivity contribution in [2.45, 2.75) is 71.4 Å². The molecule has 0 aliphatic heterocycles. The molecule has 2 saturated carbocycles. The third-order valence-corrected chi connectivity index (χ3v) is 5.42. The number of hydrogen-bond acceptors (Lipinski definition) is 4. The van der Waals surface area contributed by atoms with E-state index in [0.29, 0.717) is 23.9 Å². The Morgan fingerprint density at radius 3 is 2.59 bits per heavy atom. The molecule has 1 heterocycles. The molecule has 6 heteroatoms. The fraction of sp³-hybridized carbons (Fsp3) is 0.571. The Bertz CT molecular complexity index is 804. The number of H-pyrrole nitrogens is 1. The van der Waals surface area contributed by atoms with E-state index in [-0.39, 0.29) is 11.4 Å². The molecule has 1 aromatic rings. The molecule has 2 aliphatic rings. The Kier molecular flexibility index (Phi) is 5.27. The van der Waals surface area contributed by atoms with Gasteiger partial charge < -0.3 is 10.2 Å². The van der Waals surface area contributed by atoms with Crippen LogP contribution in [-0.2, 0) is 11.3 Å². The topological polar surface area (TPSA) is 73.4 Å². The van der Waals surface area contributed by atoms with Gasteiger partial charge in [-0.05, 0) is 66.2 Å². The summed E-state index contributed by atoms with van der Waals surface area (Å²) in [6.07, 6.45) is 4.66. The number of allylic oxidation sites excluding steroid dienone is 1. The van der Waals surface area contributed by atoms with Crippen LogP contribution < -0.4 is 5.32 Å². The van der Waals surface area contributed by atoms with E-state index in [9.17, 15) is 4.79 Å². The highest BCUT2D eigenvalue weighted by atomic mass is 16.2. The van der Waals surface area contributed by atoms with Crippen LogP contribution in [0.25, 0.3) is 0 Å². The predicted octanol–water partition coefficient (Wildman–Crippen LogP) is 3.66. The lowest BCUT2D eigenvalue weighted by molar-refractivity contribution is -0.126. The van der Waals surface area contributed by atoms with E-state index in [2.05, 4.69) is 40.2 Å². The molecule has 3 rings (SSSR count). The summed E-state index contributed by atoms with van der Waals surface area (Å²) in [7, 11) is 1.83. The van der Waals surface area contributed by atoms with Crippen LogP contribution >= 0.6 is 0 Å². The number of aromatic amines is 1. The van der Waals surface area contributed by atoms with Crippen molar-refractivity contribution in [1.29, 1.82) is 0 Å². The number of nitrogens with zero attached hydrogens (tertiary/aromatic N) is 3. The molecule has 2 fully saturated rings. The molecule has 0 unspecified atom stereocenters. The lowest BCUT2D eigenvalue weighted by Gasteiger charge is -2.22. The van der Waals surface area contributed by atoms with Crippen molar-refractivity contribution in [3.05, 3.63) is 40.0 Å². The van der Waals surface area contributed by atoms with Crippen LogP contribution in [0.2, 0.25) is 0 Å². The van der Waals surface area contributed by atoms with Gasteiger partial charge in [-0.2, -0.15) is 5.10 Å². The van der Waals surface area contributed by atoms with E-state index in [1.807, 2.05) is 27.8 Å². The molecular formula is C21H31N5O. The van der Waals surface area contributed by atoms with Crippen LogP contribution in [-0.4, -0.2) is 40.3 Å². The van der Waals surface area contributed by atoms with Crippen molar-refractivity contribution in [1.82, 2.24) is 20.4 Å². The van der Waals surface area contributed by atoms with Gasteiger partial charge in [-0.25, -0.2) is 4.99 Å². The number of aromatic nitrogens is 2. The molecule has 0 saturated heterocycles. The molecule has 2 N–H and O–H groups in total. The predicted molar refractivity (Wildman–Crippen MR) is 108 cm³/mol. The van der Waals surface area contributed by atoms with Crippen LogP contribution in [0.4, 0.5) is 0 Å². The van der Waals surface area contributed by atoms with Crippen LogP contribution in [0.1, 0.15) is 70.7 Å². The van der Waals surface area contributed by atoms with Gasteiger partial charge in [-0.1, -0.05) is 5.57 Å². The van der Waals surface area contributed by atoms with E-state index >= 15 is 0 Å². The van der Waals surface area contributed by atoms with Crippen molar-refractivity contribution >= 4 is 12.6 Å². The molecular weight excluding hydrogens is 338 g/mol. The van der Waals surface area contributed by atoms with E-state index < -0.39 is 0 Å². The summed E-state index contributed by atoms with van der Waals surface area (Å²) in [5, 5.41) is 10.9. The number of carbonyl (C=O) groups excluding carboxylic acids is 1. The summed E-state index contributed by atoms with van der Waals surface area (Å²) >= 11 is 0. The van der Waals surface area contributed by atoms with Crippen molar-refractivity contribution in [2.24, 2.45) is 4.99 Å². The quantitative estimate of drug-likeness (QED) is 0.417. The zero-order chi connectivity index (χ0) is 19.8. The van der Waals surface area contributed by atoms with E-state index in [1.54, 1.807) is 4.90 Å². The summed E-state index contributed by atoms with van der Waals surface area (Å²) in [5.74, 6) is 1.29. The molecule has 27 heavy (non-hydrogen) atoms. The number of rotatable bonds is 8. The molecule has 1 aromatic heterocycles. The lowest BCUT2D eigenvalue weighted by Crippen LogP contribution is -2.31. The van der Waals surface area contributed by atoms with Gasteiger partial charge >= 0.3 is 0 Å². The molecule has 1 amide bonds. The first kappa shape index (κ1) is 19.4. The number of carbonyl (C=O) groups is 1. The Morgan fingerprint density at radius 2 is 2.07 bits per heavy atom. The van der Waals surface area contributed by atoms with Crippen LogP contribution in [0.3, 0.4) is 0 Å². The monoisotopic (exact) mass is 369 g/mol. The molecule has 0 aromatic carbocycles. The van der Waals surface area contributed by atoms with Gasteiger partial charge in [-0.15, -0.1) is 0 Å². The second kappa shape index (κ2) is 7.33. The normalized spacial score (nSPS) is 18.4. The maximum atomic E-state index is 13.2. The van der Waals surface area contributed by atoms with Gasteiger partial charge in [0.05, 0.1) is 17.9 Å². The van der Waals surface area contributed by atoms with E-state index in [4.69, 9.17) is 0 Å². The van der Waals surface area contributed by atoms with Crippen molar-refractivity contribution in [3.8, 4) is 0 Å². The molecule has 0 bridgehead atoms. The fourth-order valence-corrected chi connectivity index (χ4v) is 3.28. The summed E-state index contributed by atoms with van der Waals surface area (Å²) in [6, 6.07) is 2.08. The Balaban J connectivity index is 1.77. The minimum Gasteiger partial charge on any atom is -0.365 e. The first-order valence-corrected chi connectivity index (χ1v) is 9.67. The Hall–Kier alpha value is -2.37. The van der Waals surface area contributed by atoms with Crippen molar-refractivity contribution < 1.29 is 4.79 Å². The first-order valence-electron chi connectivity index (χ1n) is 9.67. The maximum Gasteiger partial charge on any atom is 0.254 e. The third kappa shape index (κ3) is 4.49. The van der Waals surface area contributed by atoms with Gasteiger partial charge in [0.15, 0.2) is 0 Å². The fourth-order valence-electron chi connectivity index (χ4n) is 3.28. The molecule has 146 valence electrons. The third-order valence-electron chi connectivity index (χ3n) is 5.42. The molecule has 2 aliphatic carbocycles. The zero-order valence-corrected chi connectivity index (χ0v) is 17.1. The van der Waals surface area contributed by atoms with Crippen LogP contribution in [0.15, 0.2) is 33.6 Å². The van der Waals surface area contributed by atoms with Gasteiger partial charge in [0.25, 0.3) is 5.91 Å². The standard InChI is InChI=1S/C21H31N5O/c1-13(2)18(14(3)19(22-5)23-21(4)9-10-21)20(27)26(6)12-16-11-17(25-24-16)15-7-8-15/h11,15,23H,5,7-10,12H2,1-4,6H3,(H,24,25)/b19-14-. The average molecular weight is 370 g/mol. The van der Waals surface area contributed by atoms with Crippen molar-refractivity contribution in [2.75, 3.05) is 7.05 Å². The number of hydrogen-bond donors (Lipinski definition) is 2. The number of likely N-dealkylation sites (N-methyl/N-ethyl adjacent to an activating group) is 1. The first-order chi connectivity index (χ1) is 12.7. The second-order valence-electron chi connectivity index (χ2n) is 8.45. The number of amides is 1. The summed E-state index contributed by atoms with van der Waals surface area (Å²) in [4.78, 5) is 19.1. The minimum atomic E-state index is -0.0148. The highest BCUT2D eigenvalue weighted by Gasteiger charge is 2.38. The zero-order valence-electron chi connectivity index (χ0n) is 17.1. The highest BCUT2D eigenvalue weighted by molar-refractivity contribution is 5.98. The SMILES string of the molecule is C=N/C(NC1(C)CC1)=C(\C)C(C(=O)N(C)Cc1cc(C2CC2)n[nH]1)=C(C)C. The maximum absolute atomic E-state index is 13.2. The number of aliphatic imine (C=N–C) groups is 1. The van der Waals surface area contributed by atoms with Gasteiger partial charge in [0.2, 0.25) is 0 Å². The summed E-state index contributed by atoms with van der Waals surface area (Å²) in [5.41, 5.74) is 4.67. The molecule has 6 nitrogen and oxygen atoms in total. The molecule has 0 atom stereocenters. The number of nitrogens with one attached hydrogen (secondary N) is 2. The largest absolute Gasteiger partial charge is 0.365 e. The van der Waals surface area contributed by atoms with Crippen molar-refractivity contribution in [3.63, 3.8) is 0 Å². The minimum absolute atomic E-state index is 0.0148. The van der Waals surface area contributed by atoms with Gasteiger partial charge in [-0.3, -0.25) is 9.89 Å². The summed E-state index contributed by atoms with van der Waals surface area (Å²) < 4.78 is 0. The molecule has 0 radical (unpaired) electrons. The highest BCUT2D eigenvalue weighted by Crippen LogP contribution is 2.39. The Morgan fingerprint density at radius 1 is 1.41 bits per heavy atom. The van der Waals surface area contributed by atoms with E-state index in [0.717, 1.165) is 35.4 Å². The van der Waals surface area contributed by atoms with E-state index in [1.165, 1.54) is 12.8 Å². The average Bonchev–Trinajstić information content (AvgIpc) is 3.54. The molecule has 0 spiro atoms.